The molecule has 9 heteroatoms. The number of ether oxygens (including phenoxy) is 3. The zero-order chi connectivity index (χ0) is 24.1. The second kappa shape index (κ2) is 11.1. The first-order valence-electron chi connectivity index (χ1n) is 10.3. The number of hydrogen-bond donors (Lipinski definition) is 1. The van der Waals surface area contributed by atoms with Gasteiger partial charge in [-0.1, -0.05) is 47.0 Å². The molecule has 0 spiro atoms. The van der Waals surface area contributed by atoms with E-state index in [4.69, 9.17) is 49.0 Å². The fraction of sp³-hybridized carbons (Fsp3) is 0.333. The summed E-state index contributed by atoms with van der Waals surface area (Å²) >= 11 is 18.3. The summed E-state index contributed by atoms with van der Waals surface area (Å²) in [6.45, 7) is 2.00. The van der Waals surface area contributed by atoms with Crippen LogP contribution in [0.25, 0.3) is 0 Å². The molecule has 0 heterocycles. The van der Waals surface area contributed by atoms with E-state index in [2.05, 4.69) is 5.32 Å². The number of amides is 1. The number of benzene rings is 2. The Morgan fingerprint density at radius 3 is 2.36 bits per heavy atom. The van der Waals surface area contributed by atoms with Crippen LogP contribution in [0.3, 0.4) is 0 Å². The van der Waals surface area contributed by atoms with Gasteiger partial charge in [0.05, 0.1) is 42.4 Å². The summed E-state index contributed by atoms with van der Waals surface area (Å²) in [6, 6.07) is 7.87. The molecule has 2 aromatic carbocycles. The van der Waals surface area contributed by atoms with Crippen molar-refractivity contribution in [2.24, 2.45) is 5.92 Å². The van der Waals surface area contributed by atoms with E-state index in [1.807, 2.05) is 12.2 Å². The molecule has 0 radical (unpaired) electrons. The fourth-order valence-electron chi connectivity index (χ4n) is 3.93. The first-order valence-corrected chi connectivity index (χ1v) is 11.4. The lowest BCUT2D eigenvalue weighted by Crippen LogP contribution is -2.34. The SMILES string of the molecule is CCOC(=O)[C@H](c1cc(OC)ccc1OC)[C@H]1C=C[C@@H](NC(=O)c2c(Cl)cc(Cl)cc2Cl)C1. The summed E-state index contributed by atoms with van der Waals surface area (Å²) in [7, 11) is 3.10. The molecule has 0 fully saturated rings. The van der Waals surface area contributed by atoms with Crippen molar-refractivity contribution >= 4 is 46.7 Å². The van der Waals surface area contributed by atoms with Gasteiger partial charge in [0.25, 0.3) is 5.91 Å². The molecule has 1 amide bonds. The van der Waals surface area contributed by atoms with Gasteiger partial charge in [-0.2, -0.15) is 0 Å². The Morgan fingerprint density at radius 1 is 1.06 bits per heavy atom. The Morgan fingerprint density at radius 2 is 1.76 bits per heavy atom. The summed E-state index contributed by atoms with van der Waals surface area (Å²) in [5.74, 6) is -0.547. The number of carbonyl (C=O) groups is 2. The Hall–Kier alpha value is -2.41. The number of hydrogen-bond acceptors (Lipinski definition) is 5. The van der Waals surface area contributed by atoms with Crippen molar-refractivity contribution in [3.05, 3.63) is 68.7 Å². The highest BCUT2D eigenvalue weighted by Gasteiger charge is 2.36. The number of esters is 1. The molecular weight excluding hydrogens is 489 g/mol. The van der Waals surface area contributed by atoms with Crippen LogP contribution in [-0.2, 0) is 9.53 Å². The van der Waals surface area contributed by atoms with Crippen LogP contribution >= 0.6 is 34.8 Å². The zero-order valence-electron chi connectivity index (χ0n) is 18.4. The number of allylic oxidation sites excluding steroid dienone is 1. The normalized spacial score (nSPS) is 18.0. The van der Waals surface area contributed by atoms with Gasteiger partial charge in [-0.05, 0) is 49.6 Å². The first-order chi connectivity index (χ1) is 15.8. The summed E-state index contributed by atoms with van der Waals surface area (Å²) in [6.07, 6.45) is 4.22. The Kier molecular flexibility index (Phi) is 8.51. The van der Waals surface area contributed by atoms with E-state index in [0.29, 0.717) is 28.5 Å². The summed E-state index contributed by atoms with van der Waals surface area (Å²) < 4.78 is 16.2. The average molecular weight is 513 g/mol. The van der Waals surface area contributed by atoms with Gasteiger partial charge in [-0.15, -0.1) is 0 Å². The Labute approximate surface area is 207 Å². The quantitative estimate of drug-likeness (QED) is 0.363. The standard InChI is InChI=1S/C24H24Cl3NO5/c1-4-33-24(30)21(17-12-16(31-2)7-8-20(17)32-3)13-5-6-15(9-13)28-23(29)22-18(26)10-14(25)11-19(22)27/h5-8,10-13,15,21H,4,9H2,1-3H3,(H,28,29)/t13-,15+,21-/m0/s1. The van der Waals surface area contributed by atoms with E-state index in [1.165, 1.54) is 12.1 Å². The molecule has 3 rings (SSSR count). The molecule has 3 atom stereocenters. The van der Waals surface area contributed by atoms with Crippen LogP contribution in [0.2, 0.25) is 15.1 Å². The van der Waals surface area contributed by atoms with Gasteiger partial charge >= 0.3 is 5.97 Å². The number of nitrogens with one attached hydrogen (secondary N) is 1. The van der Waals surface area contributed by atoms with E-state index >= 15 is 0 Å². The molecule has 1 aliphatic carbocycles. The smallest absolute Gasteiger partial charge is 0.314 e. The van der Waals surface area contributed by atoms with Crippen LogP contribution < -0.4 is 14.8 Å². The van der Waals surface area contributed by atoms with E-state index in [1.54, 1.807) is 39.3 Å². The monoisotopic (exact) mass is 511 g/mol. The Bertz CT molecular complexity index is 1050. The lowest BCUT2D eigenvalue weighted by atomic mass is 9.84. The molecule has 1 N–H and O–H groups in total. The second-order valence-corrected chi connectivity index (χ2v) is 8.70. The maximum atomic E-state index is 13.0. The van der Waals surface area contributed by atoms with E-state index < -0.39 is 11.8 Å². The predicted octanol–water partition coefficient (Wildman–Crippen LogP) is 5.69. The van der Waals surface area contributed by atoms with Crippen molar-refractivity contribution in [3.63, 3.8) is 0 Å². The molecule has 176 valence electrons. The highest BCUT2D eigenvalue weighted by Crippen LogP contribution is 2.40. The molecule has 1 aliphatic rings. The number of carbonyl (C=O) groups excluding carboxylic acids is 2. The highest BCUT2D eigenvalue weighted by molar-refractivity contribution is 6.42. The van der Waals surface area contributed by atoms with Crippen LogP contribution in [0.1, 0.15) is 35.2 Å². The van der Waals surface area contributed by atoms with E-state index in [-0.39, 0.29) is 40.1 Å². The van der Waals surface area contributed by atoms with Crippen molar-refractivity contribution in [2.45, 2.75) is 25.3 Å². The molecular formula is C24H24Cl3NO5. The molecule has 0 saturated heterocycles. The maximum Gasteiger partial charge on any atom is 0.314 e. The zero-order valence-corrected chi connectivity index (χ0v) is 20.6. The van der Waals surface area contributed by atoms with Gasteiger partial charge in [0.15, 0.2) is 0 Å². The summed E-state index contributed by atoms with van der Waals surface area (Å²) in [5.41, 5.74) is 0.803. The third-order valence-electron chi connectivity index (χ3n) is 5.41. The van der Waals surface area contributed by atoms with Crippen LogP contribution in [0, 0.1) is 5.92 Å². The van der Waals surface area contributed by atoms with Crippen LogP contribution in [0.5, 0.6) is 11.5 Å². The van der Waals surface area contributed by atoms with Crippen molar-refractivity contribution in [3.8, 4) is 11.5 Å². The first kappa shape index (κ1) is 25.2. The van der Waals surface area contributed by atoms with Gasteiger partial charge in [0, 0.05) is 16.6 Å². The van der Waals surface area contributed by atoms with Crippen molar-refractivity contribution < 1.29 is 23.8 Å². The minimum atomic E-state index is -0.643. The average Bonchev–Trinajstić information content (AvgIpc) is 3.21. The van der Waals surface area contributed by atoms with Gasteiger partial charge < -0.3 is 19.5 Å². The molecule has 0 saturated carbocycles. The van der Waals surface area contributed by atoms with Crippen LogP contribution in [0.4, 0.5) is 0 Å². The van der Waals surface area contributed by atoms with Crippen LogP contribution in [-0.4, -0.2) is 38.7 Å². The fourth-order valence-corrected chi connectivity index (χ4v) is 4.92. The largest absolute Gasteiger partial charge is 0.497 e. The number of halogens is 3. The Balaban J connectivity index is 1.84. The van der Waals surface area contributed by atoms with Crippen molar-refractivity contribution in [1.29, 1.82) is 0 Å². The molecule has 6 nitrogen and oxygen atoms in total. The van der Waals surface area contributed by atoms with Gasteiger partial charge in [0.1, 0.15) is 11.5 Å². The molecule has 0 aromatic heterocycles. The molecule has 0 bridgehead atoms. The van der Waals surface area contributed by atoms with Crippen molar-refractivity contribution in [2.75, 3.05) is 20.8 Å². The topological polar surface area (TPSA) is 73.9 Å². The predicted molar refractivity (Wildman–Crippen MR) is 129 cm³/mol. The lowest BCUT2D eigenvalue weighted by molar-refractivity contribution is -0.146. The van der Waals surface area contributed by atoms with Crippen LogP contribution in [0.15, 0.2) is 42.5 Å². The van der Waals surface area contributed by atoms with E-state index in [9.17, 15) is 9.59 Å². The second-order valence-electron chi connectivity index (χ2n) is 7.45. The summed E-state index contributed by atoms with van der Waals surface area (Å²) in [5, 5.41) is 3.57. The third-order valence-corrected chi connectivity index (χ3v) is 6.22. The maximum absolute atomic E-state index is 13.0. The molecule has 33 heavy (non-hydrogen) atoms. The number of methoxy groups -OCH3 is 2. The lowest BCUT2D eigenvalue weighted by Gasteiger charge is -2.24. The molecule has 0 aliphatic heterocycles. The highest BCUT2D eigenvalue weighted by atomic mass is 35.5. The van der Waals surface area contributed by atoms with E-state index in [0.717, 1.165) is 0 Å². The van der Waals surface area contributed by atoms with Gasteiger partial charge in [-0.3, -0.25) is 9.59 Å². The van der Waals surface area contributed by atoms with Gasteiger partial charge in [0.2, 0.25) is 0 Å². The number of rotatable bonds is 8. The minimum Gasteiger partial charge on any atom is -0.497 e. The van der Waals surface area contributed by atoms with Gasteiger partial charge in [-0.25, -0.2) is 0 Å². The molecule has 0 unspecified atom stereocenters. The molecule has 2 aromatic rings. The van der Waals surface area contributed by atoms with Crippen molar-refractivity contribution in [1.82, 2.24) is 5.32 Å². The third kappa shape index (κ3) is 5.75. The summed E-state index contributed by atoms with van der Waals surface area (Å²) in [4.78, 5) is 25.8. The minimum absolute atomic E-state index is 0.149.